The molecule has 146 valence electrons. The highest BCUT2D eigenvalue weighted by atomic mass is 35.5. The highest BCUT2D eigenvalue weighted by molar-refractivity contribution is 6.33. The van der Waals surface area contributed by atoms with E-state index in [-0.39, 0.29) is 22.0 Å². The molecule has 0 saturated carbocycles. The van der Waals surface area contributed by atoms with Crippen LogP contribution in [0.4, 0.5) is 15.8 Å². The third-order valence-corrected chi connectivity index (χ3v) is 4.78. The van der Waals surface area contributed by atoms with Gasteiger partial charge < -0.3 is 10.0 Å². The molecule has 2 amide bonds. The lowest BCUT2D eigenvalue weighted by atomic mass is 10.1. The summed E-state index contributed by atoms with van der Waals surface area (Å²) >= 11 is 5.75. The Balaban J connectivity index is 1.91. The van der Waals surface area contributed by atoms with Gasteiger partial charge in [-0.05, 0) is 50.3 Å². The van der Waals surface area contributed by atoms with E-state index in [0.717, 1.165) is 29.9 Å². The van der Waals surface area contributed by atoms with Crippen molar-refractivity contribution >= 4 is 40.9 Å². The molecule has 1 aliphatic heterocycles. The average molecular weight is 404 g/mol. The first-order chi connectivity index (χ1) is 13.3. The number of anilines is 2. The number of aromatic hydroxyl groups is 1. The van der Waals surface area contributed by atoms with Crippen molar-refractivity contribution in [2.24, 2.45) is 0 Å². The normalized spacial score (nSPS) is 15.3. The number of nitrogens with zero attached hydrogens (tertiary/aromatic N) is 2. The van der Waals surface area contributed by atoms with Crippen molar-refractivity contribution in [3.63, 3.8) is 0 Å². The predicted octanol–water partition coefficient (Wildman–Crippen LogP) is 3.49. The molecule has 0 spiro atoms. The summed E-state index contributed by atoms with van der Waals surface area (Å²) < 4.78 is 13.3. The zero-order valence-electron chi connectivity index (χ0n) is 15.4. The van der Waals surface area contributed by atoms with Gasteiger partial charge in [0.05, 0.1) is 10.7 Å². The molecule has 8 heteroatoms. The van der Waals surface area contributed by atoms with E-state index in [1.165, 1.54) is 18.2 Å². The van der Waals surface area contributed by atoms with Gasteiger partial charge in [0.1, 0.15) is 17.1 Å². The first-order valence-electron chi connectivity index (χ1n) is 8.75. The molecule has 2 aromatic carbocycles. The number of benzene rings is 2. The summed E-state index contributed by atoms with van der Waals surface area (Å²) in [5.74, 6) is -1.92. The van der Waals surface area contributed by atoms with Crippen LogP contribution in [0.1, 0.15) is 19.4 Å². The van der Waals surface area contributed by atoms with Crippen molar-refractivity contribution in [2.45, 2.75) is 13.8 Å². The number of nitrogens with one attached hydrogen (secondary N) is 1. The van der Waals surface area contributed by atoms with Crippen molar-refractivity contribution in [3.8, 4) is 5.75 Å². The standard InChI is InChI=1S/C20H19ClFN3O3/c1-3-24(4-2)13-6-5-12(18(26)11-13)9-15-19(27)23-25(20(15)28)14-7-8-17(22)16(21)10-14/h5-11,26H,3-4H2,1-2H3,(H,23,27)/b15-9+. The second kappa shape index (κ2) is 7.90. The fraction of sp³-hybridized carbons (Fsp3) is 0.200. The van der Waals surface area contributed by atoms with Gasteiger partial charge in [0.2, 0.25) is 0 Å². The van der Waals surface area contributed by atoms with Crippen LogP contribution in [0.3, 0.4) is 0 Å². The maximum absolute atomic E-state index is 13.3. The van der Waals surface area contributed by atoms with Crippen LogP contribution >= 0.6 is 11.6 Å². The number of carbonyl (C=O) groups excluding carboxylic acids is 2. The van der Waals surface area contributed by atoms with Crippen molar-refractivity contribution in [2.75, 3.05) is 23.0 Å². The van der Waals surface area contributed by atoms with Gasteiger partial charge in [-0.1, -0.05) is 11.6 Å². The van der Waals surface area contributed by atoms with Gasteiger partial charge >= 0.3 is 0 Å². The molecular weight excluding hydrogens is 385 g/mol. The quantitative estimate of drug-likeness (QED) is 0.592. The van der Waals surface area contributed by atoms with Crippen molar-refractivity contribution in [3.05, 3.63) is 58.4 Å². The number of hydrogen-bond acceptors (Lipinski definition) is 4. The van der Waals surface area contributed by atoms with Crippen LogP contribution in [0.2, 0.25) is 5.02 Å². The van der Waals surface area contributed by atoms with E-state index in [1.807, 2.05) is 19.9 Å². The van der Waals surface area contributed by atoms with E-state index in [9.17, 15) is 19.1 Å². The van der Waals surface area contributed by atoms with Crippen molar-refractivity contribution in [1.29, 1.82) is 0 Å². The molecule has 1 aliphatic rings. The Bertz CT molecular complexity index is 973. The minimum Gasteiger partial charge on any atom is -0.507 e. The number of hydrogen-bond donors (Lipinski definition) is 2. The molecule has 0 bridgehead atoms. The summed E-state index contributed by atoms with van der Waals surface area (Å²) in [6, 6.07) is 8.74. The van der Waals surface area contributed by atoms with Crippen LogP contribution in [0, 0.1) is 5.82 Å². The van der Waals surface area contributed by atoms with Crippen LogP contribution in [0.5, 0.6) is 5.75 Å². The minimum atomic E-state index is -0.627. The first-order valence-corrected chi connectivity index (χ1v) is 9.13. The molecule has 0 aromatic heterocycles. The Morgan fingerprint density at radius 1 is 1.18 bits per heavy atom. The Kier molecular flexibility index (Phi) is 5.56. The second-order valence-corrected chi connectivity index (χ2v) is 6.56. The smallest absolute Gasteiger partial charge is 0.282 e. The molecule has 1 fully saturated rings. The lowest BCUT2D eigenvalue weighted by molar-refractivity contribution is -0.117. The van der Waals surface area contributed by atoms with Gasteiger partial charge in [-0.3, -0.25) is 15.0 Å². The Morgan fingerprint density at radius 2 is 1.89 bits per heavy atom. The highest BCUT2D eigenvalue weighted by Gasteiger charge is 2.34. The van der Waals surface area contributed by atoms with Crippen LogP contribution in [0.15, 0.2) is 42.0 Å². The summed E-state index contributed by atoms with van der Waals surface area (Å²) in [6.45, 7) is 5.58. The molecule has 0 atom stereocenters. The predicted molar refractivity (Wildman–Crippen MR) is 107 cm³/mol. The molecule has 0 radical (unpaired) electrons. The maximum atomic E-state index is 13.3. The monoisotopic (exact) mass is 403 g/mol. The van der Waals surface area contributed by atoms with Crippen molar-refractivity contribution < 1.29 is 19.1 Å². The number of halogens is 2. The van der Waals surface area contributed by atoms with Gasteiger partial charge in [-0.15, -0.1) is 0 Å². The average Bonchev–Trinajstić information content (AvgIpc) is 2.95. The third kappa shape index (κ3) is 3.66. The van der Waals surface area contributed by atoms with E-state index < -0.39 is 17.6 Å². The van der Waals surface area contributed by atoms with Gasteiger partial charge in [0, 0.05) is 30.4 Å². The fourth-order valence-corrected chi connectivity index (χ4v) is 3.13. The van der Waals surface area contributed by atoms with Crippen LogP contribution in [-0.2, 0) is 9.59 Å². The number of carbonyl (C=O) groups is 2. The van der Waals surface area contributed by atoms with Crippen LogP contribution in [-0.4, -0.2) is 30.0 Å². The minimum absolute atomic E-state index is 0.0409. The summed E-state index contributed by atoms with van der Waals surface area (Å²) in [5, 5.41) is 11.1. The van der Waals surface area contributed by atoms with E-state index in [1.54, 1.807) is 12.1 Å². The van der Waals surface area contributed by atoms with Crippen molar-refractivity contribution in [1.82, 2.24) is 5.43 Å². The molecule has 0 unspecified atom stereocenters. The lowest BCUT2D eigenvalue weighted by Gasteiger charge is -2.21. The molecule has 2 N–H and O–H groups in total. The molecule has 0 aliphatic carbocycles. The maximum Gasteiger partial charge on any atom is 0.282 e. The second-order valence-electron chi connectivity index (χ2n) is 6.15. The zero-order valence-corrected chi connectivity index (χ0v) is 16.1. The van der Waals surface area contributed by atoms with Gasteiger partial charge in [0.25, 0.3) is 11.8 Å². The number of hydrazine groups is 1. The lowest BCUT2D eigenvalue weighted by Crippen LogP contribution is -2.35. The Labute approximate surface area is 166 Å². The topological polar surface area (TPSA) is 72.9 Å². The molecular formula is C20H19ClFN3O3. The molecule has 1 heterocycles. The van der Waals surface area contributed by atoms with E-state index >= 15 is 0 Å². The molecule has 1 saturated heterocycles. The first kappa shape index (κ1) is 19.7. The number of amides is 2. The van der Waals surface area contributed by atoms with E-state index in [4.69, 9.17) is 11.6 Å². The highest BCUT2D eigenvalue weighted by Crippen LogP contribution is 2.29. The van der Waals surface area contributed by atoms with Crippen LogP contribution < -0.4 is 15.3 Å². The number of phenolic OH excluding ortho intramolecular Hbond substituents is 1. The van der Waals surface area contributed by atoms with Gasteiger partial charge in [-0.2, -0.15) is 0 Å². The molecule has 28 heavy (non-hydrogen) atoms. The Morgan fingerprint density at radius 3 is 2.50 bits per heavy atom. The Hall–Kier alpha value is -3.06. The molecule has 6 nitrogen and oxygen atoms in total. The third-order valence-electron chi connectivity index (χ3n) is 4.50. The summed E-state index contributed by atoms with van der Waals surface area (Å²) in [4.78, 5) is 27.0. The fourth-order valence-electron chi connectivity index (χ4n) is 2.96. The SMILES string of the molecule is CCN(CC)c1ccc(/C=C2\C(=O)NN(c3ccc(F)c(Cl)c3)C2=O)c(O)c1. The van der Waals surface area contributed by atoms with Gasteiger partial charge in [0.15, 0.2) is 0 Å². The summed E-state index contributed by atoms with van der Waals surface area (Å²) in [7, 11) is 0. The summed E-state index contributed by atoms with van der Waals surface area (Å²) in [5.41, 5.74) is 3.68. The molecule has 3 rings (SSSR count). The van der Waals surface area contributed by atoms with Gasteiger partial charge in [-0.25, -0.2) is 9.40 Å². The summed E-state index contributed by atoms with van der Waals surface area (Å²) in [6.07, 6.45) is 1.32. The van der Waals surface area contributed by atoms with E-state index in [0.29, 0.717) is 5.56 Å². The van der Waals surface area contributed by atoms with Crippen LogP contribution in [0.25, 0.3) is 6.08 Å². The van der Waals surface area contributed by atoms with E-state index in [2.05, 4.69) is 10.3 Å². The number of phenols is 1. The molecule has 2 aromatic rings. The largest absolute Gasteiger partial charge is 0.507 e. The zero-order chi connectivity index (χ0) is 20.4. The number of rotatable bonds is 5.